The van der Waals surface area contributed by atoms with Gasteiger partial charge in [0.1, 0.15) is 13.1 Å². The lowest BCUT2D eigenvalue weighted by Crippen LogP contribution is -2.30. The maximum absolute atomic E-state index is 13.1. The van der Waals surface area contributed by atoms with Crippen molar-refractivity contribution in [2.75, 3.05) is 13.1 Å². The predicted molar refractivity (Wildman–Crippen MR) is 270 cm³/mol. The van der Waals surface area contributed by atoms with Gasteiger partial charge in [0.25, 0.3) is 0 Å². The van der Waals surface area contributed by atoms with Gasteiger partial charge in [-0.1, -0.05) is 204 Å². The van der Waals surface area contributed by atoms with Gasteiger partial charge in [0.15, 0.2) is 6.08 Å². The highest BCUT2D eigenvalue weighted by Gasteiger charge is 2.19. The molecule has 0 bridgehead atoms. The van der Waals surface area contributed by atoms with E-state index >= 15 is 0 Å². The Labute approximate surface area is 397 Å². The number of carbonyl (C=O) groups is 3. The summed E-state index contributed by atoms with van der Waals surface area (Å²) in [7, 11) is 0. The summed E-state index contributed by atoms with van der Waals surface area (Å²) in [6.07, 6.45) is 52.6. The molecule has 0 saturated carbocycles. The fourth-order valence-electron chi connectivity index (χ4n) is 7.30. The van der Waals surface area contributed by atoms with Crippen LogP contribution in [0.5, 0.6) is 0 Å². The van der Waals surface area contributed by atoms with Crippen molar-refractivity contribution >= 4 is 17.9 Å². The topological polar surface area (TPSA) is 78.9 Å². The lowest BCUT2D eigenvalue weighted by Gasteiger charge is -2.18. The van der Waals surface area contributed by atoms with Crippen molar-refractivity contribution in [2.24, 2.45) is 0 Å². The first-order valence-electron chi connectivity index (χ1n) is 29.1. The molecule has 0 unspecified atom stereocenters. The van der Waals surface area contributed by atoms with Gasteiger partial charge in [0.05, 0.1) is 6.85 Å². The van der Waals surface area contributed by atoms with Crippen molar-refractivity contribution < 1.29 is 35.4 Å². The molecule has 0 aliphatic heterocycles. The summed E-state index contributed by atoms with van der Waals surface area (Å²) in [4.78, 5) is 39.0. The Balaban J connectivity index is 5.06. The molecule has 6 nitrogen and oxygen atoms in total. The molecule has 0 fully saturated rings. The molecule has 0 heterocycles. The molecular formula is C57H102O6. The molecule has 0 aromatic carbocycles. The lowest BCUT2D eigenvalue weighted by atomic mass is 10.1. The van der Waals surface area contributed by atoms with Crippen molar-refractivity contribution in [1.29, 1.82) is 0 Å². The second-order valence-corrected chi connectivity index (χ2v) is 17.6. The molecule has 0 radical (unpaired) electrons. The van der Waals surface area contributed by atoms with Crippen molar-refractivity contribution in [3.8, 4) is 0 Å². The third-order valence-electron chi connectivity index (χ3n) is 11.3. The highest BCUT2D eigenvalue weighted by Crippen LogP contribution is 2.14. The van der Waals surface area contributed by atoms with Gasteiger partial charge in [-0.25, -0.2) is 0 Å². The molecule has 0 spiro atoms. The van der Waals surface area contributed by atoms with Crippen LogP contribution < -0.4 is 0 Å². The van der Waals surface area contributed by atoms with Crippen LogP contribution in [-0.2, 0) is 28.6 Å². The Kier molecular flexibility index (Phi) is 42.4. The SMILES string of the molecule is [2H]C([2H])(OC(=O)CCCCCCC/C=C\CCCCCCCC)C([2H])(OC(=O)CCCCCCC/C=C\C/C=C\CCCCC)C([2H])([2H])OC(=O)CCCCCCC/C=C\CCCCCCCC. The van der Waals surface area contributed by atoms with Gasteiger partial charge < -0.3 is 14.2 Å². The summed E-state index contributed by atoms with van der Waals surface area (Å²) in [5.41, 5.74) is 0. The normalized spacial score (nSPS) is 13.7. The minimum Gasteiger partial charge on any atom is -0.462 e. The molecule has 0 aliphatic carbocycles. The van der Waals surface area contributed by atoms with Crippen molar-refractivity contribution in [3.05, 3.63) is 48.6 Å². The Morgan fingerprint density at radius 3 is 0.968 bits per heavy atom. The van der Waals surface area contributed by atoms with Gasteiger partial charge in [-0.2, -0.15) is 0 Å². The van der Waals surface area contributed by atoms with Crippen LogP contribution in [0, 0.1) is 0 Å². The van der Waals surface area contributed by atoms with E-state index in [2.05, 4.69) is 69.4 Å². The molecule has 0 amide bonds. The Bertz CT molecular complexity index is 1260. The van der Waals surface area contributed by atoms with Gasteiger partial charge in [-0.05, 0) is 103 Å². The quantitative estimate of drug-likeness (QED) is 0.0262. The number of hydrogen-bond donors (Lipinski definition) is 0. The standard InChI is InChI=1S/C57H102O6/c1-4-7-10-13-16-19-22-25-28-31-34-37-40-43-46-49-55(58)61-52-54(63-57(60)51-48-45-42-39-36-33-30-27-24-21-18-15-12-9-6-3)53-62-56(59)50-47-44-41-38-35-32-29-26-23-20-17-14-11-8-5-2/h18,21,25-30,54H,4-17,19-20,22-24,31-53H2,1-3H3/b21-18-,28-25-,29-26-,30-27-/i52D2,53D2,54D. The number of rotatable bonds is 49. The molecule has 0 rings (SSSR count). The number of unbranched alkanes of at least 4 members (excludes halogenated alkanes) is 30. The van der Waals surface area contributed by atoms with Gasteiger partial charge >= 0.3 is 17.9 Å². The van der Waals surface area contributed by atoms with E-state index in [-0.39, 0.29) is 19.3 Å². The Morgan fingerprint density at radius 2 is 0.619 bits per heavy atom. The highest BCUT2D eigenvalue weighted by molar-refractivity contribution is 5.71. The van der Waals surface area contributed by atoms with Crippen molar-refractivity contribution in [2.45, 2.75) is 284 Å². The molecule has 0 atom stereocenters. The monoisotopic (exact) mass is 888 g/mol. The first-order valence-corrected chi connectivity index (χ1v) is 26.6. The minimum atomic E-state index is -3.51. The second kappa shape index (κ2) is 52.0. The second-order valence-electron chi connectivity index (χ2n) is 17.6. The first kappa shape index (κ1) is 51.4. The summed E-state index contributed by atoms with van der Waals surface area (Å²) >= 11 is 0. The van der Waals surface area contributed by atoms with E-state index in [1.165, 1.54) is 96.3 Å². The fraction of sp³-hybridized carbons (Fsp3) is 0.807. The van der Waals surface area contributed by atoms with Crippen LogP contribution in [0.15, 0.2) is 48.6 Å². The fourth-order valence-corrected chi connectivity index (χ4v) is 7.30. The molecule has 0 saturated heterocycles. The molecule has 6 heteroatoms. The van der Waals surface area contributed by atoms with E-state index < -0.39 is 37.1 Å². The summed E-state index contributed by atoms with van der Waals surface area (Å²) in [6.45, 7) is -0.258. The summed E-state index contributed by atoms with van der Waals surface area (Å²) in [6, 6.07) is 0. The van der Waals surface area contributed by atoms with E-state index in [0.717, 1.165) is 116 Å². The zero-order chi connectivity index (χ0) is 50.3. The Morgan fingerprint density at radius 1 is 0.365 bits per heavy atom. The molecule has 0 aromatic heterocycles. The van der Waals surface area contributed by atoms with Gasteiger partial charge in [-0.3, -0.25) is 14.4 Å². The maximum atomic E-state index is 13.1. The highest BCUT2D eigenvalue weighted by atomic mass is 16.6. The number of hydrogen-bond acceptors (Lipinski definition) is 6. The zero-order valence-electron chi connectivity index (χ0n) is 46.4. The smallest absolute Gasteiger partial charge is 0.306 e. The number of carbonyl (C=O) groups excluding carboxylic acids is 3. The van der Waals surface area contributed by atoms with Crippen LogP contribution in [0.1, 0.15) is 284 Å². The number of esters is 3. The van der Waals surface area contributed by atoms with E-state index in [0.29, 0.717) is 25.7 Å². The van der Waals surface area contributed by atoms with E-state index in [9.17, 15) is 14.4 Å². The number of ether oxygens (including phenoxy) is 3. The van der Waals surface area contributed by atoms with Gasteiger partial charge in [0.2, 0.25) is 0 Å². The van der Waals surface area contributed by atoms with Crippen LogP contribution in [-0.4, -0.2) is 37.1 Å². The van der Waals surface area contributed by atoms with E-state index in [1.807, 2.05) is 0 Å². The lowest BCUT2D eigenvalue weighted by molar-refractivity contribution is -0.167. The van der Waals surface area contributed by atoms with E-state index in [4.69, 9.17) is 21.1 Å². The molecule has 63 heavy (non-hydrogen) atoms. The maximum Gasteiger partial charge on any atom is 0.306 e. The van der Waals surface area contributed by atoms with Crippen LogP contribution in [0.4, 0.5) is 0 Å². The number of allylic oxidation sites excluding steroid dienone is 8. The predicted octanol–water partition coefficient (Wildman–Crippen LogP) is 17.9. The molecule has 0 N–H and O–H groups in total. The van der Waals surface area contributed by atoms with E-state index in [1.54, 1.807) is 0 Å². The molecule has 0 aromatic rings. The summed E-state index contributed by atoms with van der Waals surface area (Å²) < 4.78 is 58.9. The average Bonchev–Trinajstić information content (AvgIpc) is 3.29. The van der Waals surface area contributed by atoms with Gasteiger partial charge in [-0.15, -0.1) is 0 Å². The van der Waals surface area contributed by atoms with Gasteiger partial charge in [0, 0.05) is 19.3 Å². The summed E-state index contributed by atoms with van der Waals surface area (Å²) in [5.74, 6) is -2.99. The Hall–Kier alpha value is -2.63. The third kappa shape index (κ3) is 50.2. The van der Waals surface area contributed by atoms with Crippen molar-refractivity contribution in [3.63, 3.8) is 0 Å². The average molecular weight is 888 g/mol. The third-order valence-corrected chi connectivity index (χ3v) is 11.3. The van der Waals surface area contributed by atoms with Crippen LogP contribution in [0.3, 0.4) is 0 Å². The van der Waals surface area contributed by atoms with Crippen molar-refractivity contribution in [1.82, 2.24) is 0 Å². The van der Waals surface area contributed by atoms with Crippen LogP contribution >= 0.6 is 0 Å². The first-order chi connectivity index (χ1) is 32.9. The minimum absolute atomic E-state index is 0.147. The molecule has 0 aliphatic rings. The molecule has 366 valence electrons. The van der Waals surface area contributed by atoms with Crippen LogP contribution in [0.25, 0.3) is 0 Å². The van der Waals surface area contributed by atoms with Crippen LogP contribution in [0.2, 0.25) is 0 Å². The summed E-state index contributed by atoms with van der Waals surface area (Å²) in [5, 5.41) is 0. The molecular weight excluding hydrogens is 781 g/mol. The largest absolute Gasteiger partial charge is 0.462 e. The zero-order valence-corrected chi connectivity index (χ0v) is 41.4.